The van der Waals surface area contributed by atoms with Gasteiger partial charge in [-0.1, -0.05) is 24.6 Å². The van der Waals surface area contributed by atoms with Gasteiger partial charge in [0.05, 0.1) is 24.4 Å². The van der Waals surface area contributed by atoms with Crippen LogP contribution in [0.2, 0.25) is 0 Å². The van der Waals surface area contributed by atoms with Crippen molar-refractivity contribution in [3.05, 3.63) is 36.0 Å². The SMILES string of the molecule is COC1C=CC1NCCCOc1cccc(CN2CCCCC2)n1. The van der Waals surface area contributed by atoms with Crippen molar-refractivity contribution in [1.82, 2.24) is 15.2 Å². The maximum absolute atomic E-state index is 5.80. The van der Waals surface area contributed by atoms with Crippen LogP contribution in [0.15, 0.2) is 30.4 Å². The number of pyridine rings is 1. The van der Waals surface area contributed by atoms with Crippen LogP contribution in [-0.2, 0) is 11.3 Å². The zero-order valence-corrected chi connectivity index (χ0v) is 14.6. The smallest absolute Gasteiger partial charge is 0.213 e. The Labute approximate surface area is 145 Å². The molecule has 1 fully saturated rings. The maximum Gasteiger partial charge on any atom is 0.213 e. The van der Waals surface area contributed by atoms with Crippen molar-refractivity contribution in [3.63, 3.8) is 0 Å². The van der Waals surface area contributed by atoms with Crippen LogP contribution in [0.4, 0.5) is 0 Å². The van der Waals surface area contributed by atoms with Gasteiger partial charge < -0.3 is 14.8 Å². The molecule has 132 valence electrons. The zero-order chi connectivity index (χ0) is 16.6. The predicted molar refractivity (Wildman–Crippen MR) is 95.2 cm³/mol. The number of ether oxygens (including phenoxy) is 2. The second kappa shape index (κ2) is 9.16. The van der Waals surface area contributed by atoms with Crippen LogP contribution in [0.25, 0.3) is 0 Å². The molecule has 1 aromatic heterocycles. The van der Waals surface area contributed by atoms with E-state index in [1.54, 1.807) is 7.11 Å². The average molecular weight is 331 g/mol. The van der Waals surface area contributed by atoms with E-state index in [4.69, 9.17) is 9.47 Å². The van der Waals surface area contributed by atoms with Gasteiger partial charge in [0.2, 0.25) is 5.88 Å². The Balaban J connectivity index is 1.34. The molecule has 0 radical (unpaired) electrons. The van der Waals surface area contributed by atoms with Crippen LogP contribution in [0.3, 0.4) is 0 Å². The van der Waals surface area contributed by atoms with Gasteiger partial charge in [-0.25, -0.2) is 4.98 Å². The van der Waals surface area contributed by atoms with Crippen LogP contribution in [-0.4, -0.2) is 55.4 Å². The van der Waals surface area contributed by atoms with E-state index in [2.05, 4.69) is 33.4 Å². The fraction of sp³-hybridized carbons (Fsp3) is 0.632. The minimum atomic E-state index is 0.221. The van der Waals surface area contributed by atoms with Crippen LogP contribution in [0, 0.1) is 0 Å². The monoisotopic (exact) mass is 331 g/mol. The number of hydrogen-bond donors (Lipinski definition) is 1. The van der Waals surface area contributed by atoms with Crippen LogP contribution in [0.5, 0.6) is 5.88 Å². The first-order valence-electron chi connectivity index (χ1n) is 9.11. The van der Waals surface area contributed by atoms with E-state index in [9.17, 15) is 0 Å². The van der Waals surface area contributed by atoms with Gasteiger partial charge in [0.25, 0.3) is 0 Å². The fourth-order valence-corrected chi connectivity index (χ4v) is 3.21. The number of nitrogens with zero attached hydrogens (tertiary/aromatic N) is 2. The zero-order valence-electron chi connectivity index (χ0n) is 14.6. The van der Waals surface area contributed by atoms with Crippen molar-refractivity contribution in [3.8, 4) is 5.88 Å². The highest BCUT2D eigenvalue weighted by molar-refractivity contribution is 5.16. The number of nitrogens with one attached hydrogen (secondary N) is 1. The molecule has 0 bridgehead atoms. The summed E-state index contributed by atoms with van der Waals surface area (Å²) in [6, 6.07) is 6.43. The molecule has 2 aliphatic rings. The third-order valence-corrected chi connectivity index (χ3v) is 4.70. The van der Waals surface area contributed by atoms with Crippen molar-refractivity contribution >= 4 is 0 Å². The standard InChI is InChI=1S/C19H29N3O2/c1-23-18-10-9-17(18)20-11-6-14-24-19-8-5-7-16(21-19)15-22-12-3-2-4-13-22/h5,7-10,17-18,20H,2-4,6,11-15H2,1H3. The summed E-state index contributed by atoms with van der Waals surface area (Å²) in [4.78, 5) is 7.12. The first-order valence-corrected chi connectivity index (χ1v) is 9.11. The maximum atomic E-state index is 5.80. The first kappa shape index (κ1) is 17.4. The molecule has 1 aliphatic heterocycles. The molecule has 0 saturated carbocycles. The van der Waals surface area contributed by atoms with E-state index in [1.165, 1.54) is 32.4 Å². The minimum Gasteiger partial charge on any atom is -0.478 e. The molecule has 5 heteroatoms. The molecule has 0 amide bonds. The van der Waals surface area contributed by atoms with Crippen LogP contribution >= 0.6 is 0 Å². The van der Waals surface area contributed by atoms with Crippen molar-refractivity contribution < 1.29 is 9.47 Å². The van der Waals surface area contributed by atoms with E-state index in [-0.39, 0.29) is 6.10 Å². The van der Waals surface area contributed by atoms with Gasteiger partial charge in [-0.05, 0) is 45.0 Å². The van der Waals surface area contributed by atoms with E-state index in [1.807, 2.05) is 12.1 Å². The molecule has 0 spiro atoms. The summed E-state index contributed by atoms with van der Waals surface area (Å²) >= 11 is 0. The van der Waals surface area contributed by atoms with Gasteiger partial charge in [0.15, 0.2) is 0 Å². The Kier molecular flexibility index (Phi) is 6.64. The second-order valence-electron chi connectivity index (χ2n) is 6.57. The van der Waals surface area contributed by atoms with Crippen molar-refractivity contribution in [1.29, 1.82) is 0 Å². The third kappa shape index (κ3) is 5.03. The van der Waals surface area contributed by atoms with E-state index in [0.717, 1.165) is 31.1 Å². The number of likely N-dealkylation sites (tertiary alicyclic amines) is 1. The lowest BCUT2D eigenvalue weighted by molar-refractivity contribution is 0.103. The molecule has 2 unspecified atom stereocenters. The lowest BCUT2D eigenvalue weighted by atomic mass is 10.00. The van der Waals surface area contributed by atoms with E-state index in [0.29, 0.717) is 12.6 Å². The van der Waals surface area contributed by atoms with Crippen molar-refractivity contribution in [2.75, 3.05) is 33.4 Å². The van der Waals surface area contributed by atoms with Gasteiger partial charge in [0, 0.05) is 19.7 Å². The van der Waals surface area contributed by atoms with Crippen molar-refractivity contribution in [2.45, 2.75) is 44.4 Å². The van der Waals surface area contributed by atoms with Gasteiger partial charge >= 0.3 is 0 Å². The molecule has 1 aliphatic carbocycles. The Morgan fingerprint density at radius 2 is 2.08 bits per heavy atom. The van der Waals surface area contributed by atoms with Gasteiger partial charge in [-0.15, -0.1) is 0 Å². The van der Waals surface area contributed by atoms with Gasteiger partial charge in [-0.2, -0.15) is 0 Å². The second-order valence-corrected chi connectivity index (χ2v) is 6.57. The fourth-order valence-electron chi connectivity index (χ4n) is 3.21. The lowest BCUT2D eigenvalue weighted by Crippen LogP contribution is -2.44. The minimum absolute atomic E-state index is 0.221. The van der Waals surface area contributed by atoms with Crippen molar-refractivity contribution in [2.24, 2.45) is 0 Å². The summed E-state index contributed by atoms with van der Waals surface area (Å²) in [5, 5.41) is 3.45. The number of aromatic nitrogens is 1. The van der Waals surface area contributed by atoms with Crippen LogP contribution < -0.4 is 10.1 Å². The third-order valence-electron chi connectivity index (χ3n) is 4.70. The highest BCUT2D eigenvalue weighted by Crippen LogP contribution is 2.15. The molecule has 2 atom stereocenters. The molecular weight excluding hydrogens is 302 g/mol. The predicted octanol–water partition coefficient (Wildman–Crippen LogP) is 2.38. The molecule has 0 aromatic carbocycles. The Hall–Kier alpha value is -1.43. The molecule has 3 rings (SSSR count). The molecule has 1 N–H and O–H groups in total. The number of methoxy groups -OCH3 is 1. The summed E-state index contributed by atoms with van der Waals surface area (Å²) in [5.74, 6) is 0.739. The Morgan fingerprint density at radius 1 is 1.21 bits per heavy atom. The summed E-state index contributed by atoms with van der Waals surface area (Å²) in [6.07, 6.45) is 9.37. The number of piperidine rings is 1. The lowest BCUT2D eigenvalue weighted by Gasteiger charge is -2.28. The molecule has 5 nitrogen and oxygen atoms in total. The highest BCUT2D eigenvalue weighted by Gasteiger charge is 2.22. The Morgan fingerprint density at radius 3 is 2.83 bits per heavy atom. The van der Waals surface area contributed by atoms with E-state index < -0.39 is 0 Å². The van der Waals surface area contributed by atoms with Gasteiger partial charge in [0.1, 0.15) is 0 Å². The highest BCUT2D eigenvalue weighted by atomic mass is 16.5. The normalized spacial score (nSPS) is 23.9. The summed E-state index contributed by atoms with van der Waals surface area (Å²) in [6.45, 7) is 4.92. The molecular formula is C19H29N3O2. The number of hydrogen-bond acceptors (Lipinski definition) is 5. The van der Waals surface area contributed by atoms with Crippen LogP contribution in [0.1, 0.15) is 31.4 Å². The largest absolute Gasteiger partial charge is 0.478 e. The Bertz CT molecular complexity index is 529. The molecule has 2 heterocycles. The quantitative estimate of drug-likeness (QED) is 0.556. The number of rotatable bonds is 9. The molecule has 1 saturated heterocycles. The average Bonchev–Trinajstić information content (AvgIpc) is 2.59. The van der Waals surface area contributed by atoms with E-state index >= 15 is 0 Å². The first-order chi connectivity index (χ1) is 11.8. The summed E-state index contributed by atoms with van der Waals surface area (Å²) < 4.78 is 11.1. The topological polar surface area (TPSA) is 46.6 Å². The molecule has 1 aromatic rings. The van der Waals surface area contributed by atoms with Gasteiger partial charge in [-0.3, -0.25) is 4.90 Å². The summed E-state index contributed by atoms with van der Waals surface area (Å²) in [7, 11) is 1.74. The summed E-state index contributed by atoms with van der Waals surface area (Å²) in [5.41, 5.74) is 1.11. The molecule has 24 heavy (non-hydrogen) atoms.